The van der Waals surface area contributed by atoms with Crippen molar-refractivity contribution in [2.45, 2.75) is 20.8 Å². The van der Waals surface area contributed by atoms with E-state index in [-0.39, 0.29) is 0 Å². The van der Waals surface area contributed by atoms with Gasteiger partial charge in [0.25, 0.3) is 0 Å². The molecule has 0 unspecified atom stereocenters. The number of ether oxygens (including phenoxy) is 3. The van der Waals surface area contributed by atoms with Crippen LogP contribution in [0.3, 0.4) is 0 Å². The molecule has 4 aromatic rings. The van der Waals surface area contributed by atoms with E-state index in [1.54, 1.807) is 25.6 Å². The lowest BCUT2D eigenvalue weighted by atomic mass is 10.1. The molecule has 39 heavy (non-hydrogen) atoms. The third-order valence-corrected chi connectivity index (χ3v) is 7.89. The normalized spacial score (nSPS) is 14.5. The van der Waals surface area contributed by atoms with Crippen molar-refractivity contribution in [1.29, 1.82) is 0 Å². The Kier molecular flexibility index (Phi) is 8.14. The molecular formula is C31H34N4O3S. The lowest BCUT2D eigenvalue weighted by molar-refractivity contribution is 0.122. The van der Waals surface area contributed by atoms with E-state index in [1.165, 1.54) is 11.3 Å². The Morgan fingerprint density at radius 1 is 0.949 bits per heavy atom. The molecule has 1 saturated heterocycles. The molecule has 0 amide bonds. The molecule has 0 saturated carbocycles. The number of hydrogen-bond acceptors (Lipinski definition) is 7. The average molecular weight is 543 g/mol. The summed E-state index contributed by atoms with van der Waals surface area (Å²) in [6, 6.07) is 20.5. The predicted molar refractivity (Wildman–Crippen MR) is 159 cm³/mol. The summed E-state index contributed by atoms with van der Waals surface area (Å²) in [4.78, 5) is 8.17. The zero-order valence-electron chi connectivity index (χ0n) is 23.1. The molecule has 0 atom stereocenters. The van der Waals surface area contributed by atoms with Crippen molar-refractivity contribution in [3.63, 3.8) is 0 Å². The van der Waals surface area contributed by atoms with Crippen LogP contribution in [0.4, 0.5) is 11.4 Å². The summed E-state index contributed by atoms with van der Waals surface area (Å²) < 4.78 is 18.7. The number of methoxy groups -OCH3 is 2. The van der Waals surface area contributed by atoms with Crippen molar-refractivity contribution in [2.75, 3.05) is 45.4 Å². The second-order valence-corrected chi connectivity index (χ2v) is 10.3. The highest BCUT2D eigenvalue weighted by Gasteiger charge is 2.16. The highest BCUT2D eigenvalue weighted by Crippen LogP contribution is 2.34. The SMILES string of the molecule is COc1ccc(OC)c(-c2csc(=Nc3cccc(C)c3C)n2N=C(C)c2ccc(N3CCOCC3)cc2)c1. The van der Waals surface area contributed by atoms with Gasteiger partial charge in [-0.25, -0.2) is 9.67 Å². The van der Waals surface area contributed by atoms with Crippen molar-refractivity contribution in [3.05, 3.63) is 87.5 Å². The highest BCUT2D eigenvalue weighted by atomic mass is 32.1. The van der Waals surface area contributed by atoms with E-state index in [0.717, 1.165) is 76.4 Å². The van der Waals surface area contributed by atoms with Gasteiger partial charge in [0.05, 0.1) is 44.5 Å². The van der Waals surface area contributed by atoms with Crippen LogP contribution in [0.2, 0.25) is 0 Å². The Labute approximate surface area is 233 Å². The molecule has 0 aliphatic carbocycles. The molecule has 202 valence electrons. The highest BCUT2D eigenvalue weighted by molar-refractivity contribution is 7.07. The number of hydrogen-bond donors (Lipinski definition) is 0. The van der Waals surface area contributed by atoms with Gasteiger partial charge in [0.1, 0.15) is 11.5 Å². The molecule has 2 heterocycles. The molecule has 7 nitrogen and oxygen atoms in total. The molecule has 1 aliphatic rings. The fourth-order valence-electron chi connectivity index (χ4n) is 4.58. The molecule has 1 aliphatic heterocycles. The van der Waals surface area contributed by atoms with E-state index >= 15 is 0 Å². The van der Waals surface area contributed by atoms with Crippen LogP contribution >= 0.6 is 11.3 Å². The van der Waals surface area contributed by atoms with Gasteiger partial charge in [-0.1, -0.05) is 24.3 Å². The number of anilines is 1. The van der Waals surface area contributed by atoms with Crippen LogP contribution in [-0.2, 0) is 4.74 Å². The Hall–Kier alpha value is -3.88. The second-order valence-electron chi connectivity index (χ2n) is 9.44. The predicted octanol–water partition coefficient (Wildman–Crippen LogP) is 6.19. The maximum atomic E-state index is 5.72. The van der Waals surface area contributed by atoms with E-state index in [0.29, 0.717) is 0 Å². The molecule has 0 spiro atoms. The fourth-order valence-corrected chi connectivity index (χ4v) is 5.41. The van der Waals surface area contributed by atoms with Crippen LogP contribution in [0.5, 0.6) is 11.5 Å². The van der Waals surface area contributed by atoms with E-state index < -0.39 is 0 Å². The third-order valence-electron chi connectivity index (χ3n) is 7.07. The lowest BCUT2D eigenvalue weighted by Crippen LogP contribution is -2.36. The standard InChI is InChI=1S/C31H34N4O3S/c1-21-7-6-8-28(22(21)2)32-31-35(29(20-39-31)27-19-26(36-4)13-14-30(27)37-5)33-23(3)24-9-11-25(12-10-24)34-15-17-38-18-16-34/h6-14,19-20H,15-18H2,1-5H3. The first kappa shape index (κ1) is 26.7. The van der Waals surface area contributed by atoms with Crippen LogP contribution in [0.1, 0.15) is 23.6 Å². The summed E-state index contributed by atoms with van der Waals surface area (Å²) in [5.74, 6) is 1.49. The van der Waals surface area contributed by atoms with Crippen molar-refractivity contribution in [1.82, 2.24) is 4.68 Å². The van der Waals surface area contributed by atoms with Crippen molar-refractivity contribution >= 4 is 28.4 Å². The Morgan fingerprint density at radius 2 is 1.72 bits per heavy atom. The van der Waals surface area contributed by atoms with E-state index in [4.69, 9.17) is 24.3 Å². The summed E-state index contributed by atoms with van der Waals surface area (Å²) in [7, 11) is 3.34. The molecule has 0 bridgehead atoms. The maximum Gasteiger partial charge on any atom is 0.211 e. The zero-order chi connectivity index (χ0) is 27.4. The first-order chi connectivity index (χ1) is 19.0. The first-order valence-electron chi connectivity index (χ1n) is 13.0. The molecule has 0 radical (unpaired) electrons. The van der Waals surface area contributed by atoms with Gasteiger partial charge in [0, 0.05) is 29.7 Å². The second kappa shape index (κ2) is 11.9. The summed E-state index contributed by atoms with van der Waals surface area (Å²) in [5, 5.41) is 7.18. The van der Waals surface area contributed by atoms with Gasteiger partial charge in [0.15, 0.2) is 0 Å². The van der Waals surface area contributed by atoms with Gasteiger partial charge in [-0.15, -0.1) is 11.3 Å². The minimum absolute atomic E-state index is 0.739. The molecule has 1 aromatic heterocycles. The number of aromatic nitrogens is 1. The first-order valence-corrected chi connectivity index (χ1v) is 13.9. The van der Waals surface area contributed by atoms with Crippen LogP contribution in [0.25, 0.3) is 11.3 Å². The van der Waals surface area contributed by atoms with Crippen LogP contribution in [0.15, 0.2) is 76.1 Å². The zero-order valence-corrected chi connectivity index (χ0v) is 23.9. The number of rotatable bonds is 7. The topological polar surface area (TPSA) is 60.6 Å². The monoisotopic (exact) mass is 542 g/mol. The summed E-state index contributed by atoms with van der Waals surface area (Å²) in [6.45, 7) is 9.58. The molecular weight excluding hydrogens is 508 g/mol. The van der Waals surface area contributed by atoms with E-state index in [1.807, 2.05) is 41.9 Å². The van der Waals surface area contributed by atoms with E-state index in [2.05, 4.69) is 54.5 Å². The summed E-state index contributed by atoms with van der Waals surface area (Å²) in [6.07, 6.45) is 0. The number of aryl methyl sites for hydroxylation is 1. The minimum atomic E-state index is 0.739. The number of benzene rings is 3. The largest absolute Gasteiger partial charge is 0.497 e. The third kappa shape index (κ3) is 5.77. The smallest absolute Gasteiger partial charge is 0.211 e. The minimum Gasteiger partial charge on any atom is -0.497 e. The molecule has 3 aromatic carbocycles. The Morgan fingerprint density at radius 3 is 2.44 bits per heavy atom. The van der Waals surface area contributed by atoms with Crippen LogP contribution in [0, 0.1) is 13.8 Å². The number of nitrogens with zero attached hydrogens (tertiary/aromatic N) is 4. The van der Waals surface area contributed by atoms with Crippen molar-refractivity contribution in [2.24, 2.45) is 10.1 Å². The van der Waals surface area contributed by atoms with Crippen LogP contribution < -0.4 is 19.2 Å². The summed E-state index contributed by atoms with van der Waals surface area (Å²) >= 11 is 1.55. The molecule has 1 fully saturated rings. The number of morpholine rings is 1. The van der Waals surface area contributed by atoms with Crippen LogP contribution in [-0.4, -0.2) is 50.9 Å². The van der Waals surface area contributed by atoms with Gasteiger partial charge in [-0.3, -0.25) is 0 Å². The van der Waals surface area contributed by atoms with E-state index in [9.17, 15) is 0 Å². The average Bonchev–Trinajstić information content (AvgIpc) is 3.37. The summed E-state index contributed by atoms with van der Waals surface area (Å²) in [5.41, 5.74) is 8.17. The van der Waals surface area contributed by atoms with Gasteiger partial charge < -0.3 is 19.1 Å². The quantitative estimate of drug-likeness (QED) is 0.261. The van der Waals surface area contributed by atoms with Gasteiger partial charge in [-0.2, -0.15) is 5.10 Å². The van der Waals surface area contributed by atoms with Gasteiger partial charge >= 0.3 is 0 Å². The van der Waals surface area contributed by atoms with Gasteiger partial charge in [0.2, 0.25) is 4.80 Å². The van der Waals surface area contributed by atoms with Crippen molar-refractivity contribution in [3.8, 4) is 22.8 Å². The Bertz CT molecular complexity index is 1550. The molecule has 5 rings (SSSR count). The molecule has 0 N–H and O–H groups in total. The number of thiazole rings is 1. The molecule has 8 heteroatoms. The maximum absolute atomic E-state index is 5.72. The lowest BCUT2D eigenvalue weighted by Gasteiger charge is -2.28. The fraction of sp³-hybridized carbons (Fsp3) is 0.290. The van der Waals surface area contributed by atoms with Crippen molar-refractivity contribution < 1.29 is 14.2 Å². The Balaban J connectivity index is 1.62. The van der Waals surface area contributed by atoms with Gasteiger partial charge in [-0.05, 0) is 73.9 Å².